The molecule has 1 heterocycles. The van der Waals surface area contributed by atoms with E-state index in [0.717, 1.165) is 24.8 Å². The van der Waals surface area contributed by atoms with Crippen LogP contribution < -0.4 is 26.0 Å². The topological polar surface area (TPSA) is 109 Å². The molecule has 0 aromatic heterocycles. The van der Waals surface area contributed by atoms with Crippen molar-refractivity contribution in [2.24, 2.45) is 5.92 Å². The molecule has 4 rings (SSSR count). The lowest BCUT2D eigenvalue weighted by Crippen LogP contribution is -2.64. The molecule has 1 aliphatic heterocycles. The van der Waals surface area contributed by atoms with Crippen LogP contribution in [0.4, 0.5) is 0 Å². The van der Waals surface area contributed by atoms with Gasteiger partial charge in [0.15, 0.2) is 0 Å². The van der Waals surface area contributed by atoms with Gasteiger partial charge in [0.05, 0.1) is 18.2 Å². The van der Waals surface area contributed by atoms with Crippen LogP contribution in [0, 0.1) is 17.8 Å². The minimum Gasteiger partial charge on any atom is -0.491 e. The Kier molecular flexibility index (Phi) is 10.7. The molecule has 2 aromatic rings. The Morgan fingerprint density at radius 2 is 1.85 bits per heavy atom. The van der Waals surface area contributed by atoms with Gasteiger partial charge in [0, 0.05) is 18.0 Å². The molecule has 41 heavy (non-hydrogen) atoms. The number of benzene rings is 2. The summed E-state index contributed by atoms with van der Waals surface area (Å²) in [6, 6.07) is 13.3. The Labute approximate surface area is 247 Å². The summed E-state index contributed by atoms with van der Waals surface area (Å²) < 4.78 is 6.00. The molecule has 0 radical (unpaired) electrons. The van der Waals surface area contributed by atoms with Gasteiger partial charge in [0.25, 0.3) is 0 Å². The Balaban J connectivity index is 1.65. The lowest BCUT2D eigenvalue weighted by molar-refractivity contribution is -0.137. The molecule has 1 aliphatic carbocycles. The summed E-state index contributed by atoms with van der Waals surface area (Å²) in [7, 11) is 0. The molecule has 1 saturated carbocycles. The summed E-state index contributed by atoms with van der Waals surface area (Å²) in [4.78, 5) is 40.9. The molecule has 2 aromatic carbocycles. The van der Waals surface area contributed by atoms with E-state index in [0.29, 0.717) is 42.3 Å². The predicted molar refractivity (Wildman–Crippen MR) is 159 cm³/mol. The van der Waals surface area contributed by atoms with Crippen molar-refractivity contribution in [1.82, 2.24) is 21.3 Å². The first-order valence-electron chi connectivity index (χ1n) is 14.4. The van der Waals surface area contributed by atoms with E-state index in [1.165, 1.54) is 0 Å². The van der Waals surface area contributed by atoms with Crippen LogP contribution in [0.5, 0.6) is 5.75 Å². The SMILES string of the molecule is CC[C@H](C)[C@@H]1NCCOc2ccccc2C#CCNC(=O)[C@H](Cc2cccc(Cl)c2)NC(=O)C2(CCCC2)NC1=O. The van der Waals surface area contributed by atoms with Crippen LogP contribution in [0.2, 0.25) is 5.02 Å². The highest BCUT2D eigenvalue weighted by atomic mass is 35.5. The highest BCUT2D eigenvalue weighted by molar-refractivity contribution is 6.30. The number of nitrogens with one attached hydrogen (secondary N) is 4. The first-order chi connectivity index (χ1) is 19.8. The third-order valence-corrected chi connectivity index (χ3v) is 8.12. The first kappa shape index (κ1) is 30.4. The second kappa shape index (κ2) is 14.4. The van der Waals surface area contributed by atoms with Crippen LogP contribution in [-0.4, -0.2) is 55.0 Å². The van der Waals surface area contributed by atoms with Gasteiger partial charge in [-0.05, 0) is 48.6 Å². The zero-order valence-corrected chi connectivity index (χ0v) is 24.5. The van der Waals surface area contributed by atoms with Crippen molar-refractivity contribution in [2.75, 3.05) is 19.7 Å². The molecule has 0 saturated heterocycles. The van der Waals surface area contributed by atoms with E-state index in [2.05, 4.69) is 33.1 Å². The number of hydrogen-bond acceptors (Lipinski definition) is 5. The molecule has 9 heteroatoms. The van der Waals surface area contributed by atoms with Gasteiger partial charge in [0.2, 0.25) is 17.7 Å². The fourth-order valence-electron chi connectivity index (χ4n) is 5.36. The Morgan fingerprint density at radius 1 is 1.07 bits per heavy atom. The van der Waals surface area contributed by atoms with Gasteiger partial charge >= 0.3 is 0 Å². The zero-order valence-electron chi connectivity index (χ0n) is 23.7. The van der Waals surface area contributed by atoms with Crippen LogP contribution in [0.3, 0.4) is 0 Å². The number of carbonyl (C=O) groups is 3. The van der Waals surface area contributed by atoms with E-state index in [-0.39, 0.29) is 36.6 Å². The summed E-state index contributed by atoms with van der Waals surface area (Å²) in [5, 5.41) is 12.8. The van der Waals surface area contributed by atoms with E-state index in [4.69, 9.17) is 16.3 Å². The number of ether oxygens (including phenoxy) is 1. The molecule has 4 N–H and O–H groups in total. The molecular formula is C32H39ClN4O4. The fourth-order valence-corrected chi connectivity index (χ4v) is 5.57. The zero-order chi connectivity index (χ0) is 29.2. The quantitative estimate of drug-likeness (QED) is 0.416. The van der Waals surface area contributed by atoms with Crippen LogP contribution in [0.1, 0.15) is 57.1 Å². The highest BCUT2D eigenvalue weighted by Crippen LogP contribution is 2.31. The van der Waals surface area contributed by atoms with Crippen molar-refractivity contribution in [3.8, 4) is 17.6 Å². The second-order valence-corrected chi connectivity index (χ2v) is 11.3. The van der Waals surface area contributed by atoms with Crippen LogP contribution >= 0.6 is 11.6 Å². The monoisotopic (exact) mass is 578 g/mol. The van der Waals surface area contributed by atoms with Crippen LogP contribution in [0.15, 0.2) is 48.5 Å². The van der Waals surface area contributed by atoms with E-state index in [1.807, 2.05) is 50.2 Å². The smallest absolute Gasteiger partial charge is 0.246 e. The van der Waals surface area contributed by atoms with Crippen molar-refractivity contribution < 1.29 is 19.1 Å². The van der Waals surface area contributed by atoms with E-state index in [1.54, 1.807) is 12.1 Å². The lowest BCUT2D eigenvalue weighted by atomic mass is 9.92. The number of para-hydroxylation sites is 1. The number of amides is 3. The van der Waals surface area contributed by atoms with Gasteiger partial charge in [-0.25, -0.2) is 0 Å². The molecule has 3 atom stereocenters. The maximum absolute atomic E-state index is 13.9. The van der Waals surface area contributed by atoms with Crippen molar-refractivity contribution >= 4 is 29.3 Å². The minimum atomic E-state index is -1.09. The summed E-state index contributed by atoms with van der Waals surface area (Å²) in [5.41, 5.74) is 0.423. The van der Waals surface area contributed by atoms with Crippen molar-refractivity contribution in [1.29, 1.82) is 0 Å². The standard InChI is InChI=1S/C32H39ClN4O4/c1-3-22(2)28-30(39)37-32(15-6-7-16-32)31(40)36-26(21-23-10-8-13-25(33)20-23)29(38)35-17-9-12-24-11-4-5-14-27(24)41-19-18-34-28/h4-5,8,10-11,13-14,20,22,26,28,34H,3,6-7,15-19,21H2,1-2H3,(H,35,38)(H,36,40)(H,37,39)/t22-,26-,28-/m0/s1. The molecule has 2 aliphatic rings. The Hall–Kier alpha value is -3.54. The molecule has 1 fully saturated rings. The van der Waals surface area contributed by atoms with Crippen molar-refractivity contribution in [3.63, 3.8) is 0 Å². The summed E-state index contributed by atoms with van der Waals surface area (Å²) in [5.74, 6) is 5.80. The third kappa shape index (κ3) is 8.02. The van der Waals surface area contributed by atoms with Gasteiger partial charge < -0.3 is 26.0 Å². The number of fused-ring (bicyclic) bond motifs is 1. The molecule has 0 unspecified atom stereocenters. The number of carbonyl (C=O) groups excluding carboxylic acids is 3. The van der Waals surface area contributed by atoms with Crippen molar-refractivity contribution in [2.45, 2.75) is 70.0 Å². The predicted octanol–water partition coefficient (Wildman–Crippen LogP) is 3.36. The molecule has 3 amide bonds. The highest BCUT2D eigenvalue weighted by Gasteiger charge is 2.45. The molecule has 0 bridgehead atoms. The molecule has 218 valence electrons. The van der Waals surface area contributed by atoms with Gasteiger partial charge in [0.1, 0.15) is 23.9 Å². The van der Waals surface area contributed by atoms with E-state index in [9.17, 15) is 14.4 Å². The van der Waals surface area contributed by atoms with E-state index >= 15 is 0 Å². The lowest BCUT2D eigenvalue weighted by Gasteiger charge is -2.34. The first-order valence-corrected chi connectivity index (χ1v) is 14.8. The largest absolute Gasteiger partial charge is 0.491 e. The average Bonchev–Trinajstić information content (AvgIpc) is 3.44. The van der Waals surface area contributed by atoms with Gasteiger partial charge in [-0.15, -0.1) is 0 Å². The second-order valence-electron chi connectivity index (χ2n) is 10.8. The Morgan fingerprint density at radius 3 is 2.61 bits per heavy atom. The van der Waals surface area contributed by atoms with E-state index < -0.39 is 17.6 Å². The molecular weight excluding hydrogens is 540 g/mol. The number of hydrogen-bond donors (Lipinski definition) is 4. The van der Waals surface area contributed by atoms with Crippen LogP contribution in [0.25, 0.3) is 0 Å². The maximum atomic E-state index is 13.9. The fraction of sp³-hybridized carbons (Fsp3) is 0.469. The van der Waals surface area contributed by atoms with Gasteiger partial charge in [-0.2, -0.15) is 0 Å². The summed E-state index contributed by atoms with van der Waals surface area (Å²) in [6.45, 7) is 4.93. The minimum absolute atomic E-state index is 0.0293. The summed E-state index contributed by atoms with van der Waals surface area (Å²) in [6.07, 6.45) is 3.66. The Bertz CT molecular complexity index is 1300. The van der Waals surface area contributed by atoms with Crippen LogP contribution in [-0.2, 0) is 20.8 Å². The number of rotatable bonds is 4. The average molecular weight is 579 g/mol. The summed E-state index contributed by atoms with van der Waals surface area (Å²) >= 11 is 6.20. The maximum Gasteiger partial charge on any atom is 0.246 e. The molecule has 1 spiro atoms. The van der Waals surface area contributed by atoms with Gasteiger partial charge in [-0.3, -0.25) is 14.4 Å². The normalized spacial score (nSPS) is 22.5. The van der Waals surface area contributed by atoms with Gasteiger partial charge in [-0.1, -0.05) is 80.8 Å². The molecule has 8 nitrogen and oxygen atoms in total. The third-order valence-electron chi connectivity index (χ3n) is 7.89. The number of halogens is 1. The van der Waals surface area contributed by atoms with Crippen molar-refractivity contribution in [3.05, 3.63) is 64.7 Å².